The fraction of sp³-hybridized carbons (Fsp3) is 0.714. The first-order valence-electron chi connectivity index (χ1n) is 3.30. The molecule has 0 aliphatic carbocycles. The van der Waals surface area contributed by atoms with E-state index >= 15 is 0 Å². The highest BCUT2D eigenvalue weighted by molar-refractivity contribution is 4.76. The minimum atomic E-state index is 1.09. The second kappa shape index (κ2) is 6.54. The highest BCUT2D eigenvalue weighted by Crippen LogP contribution is 1.75. The zero-order valence-electron chi connectivity index (χ0n) is 5.78. The molecule has 8 heavy (non-hydrogen) atoms. The molecule has 0 saturated heterocycles. The lowest BCUT2D eigenvalue weighted by Gasteiger charge is -1.92. The third-order valence-corrected chi connectivity index (χ3v) is 0.866. The van der Waals surface area contributed by atoms with Gasteiger partial charge in [0.15, 0.2) is 0 Å². The highest BCUT2D eigenvalue weighted by Gasteiger charge is 1.70. The zero-order valence-corrected chi connectivity index (χ0v) is 5.78. The van der Waals surface area contributed by atoms with Crippen LogP contribution >= 0.6 is 0 Å². The molecule has 0 bridgehead atoms. The molecule has 0 unspecified atom stereocenters. The molecule has 0 amide bonds. The second-order valence-electron chi connectivity index (χ2n) is 1.76. The molecule has 1 N–H and O–H groups in total. The summed E-state index contributed by atoms with van der Waals surface area (Å²) in [6.07, 6.45) is 6.46. The van der Waals surface area contributed by atoms with E-state index < -0.39 is 0 Å². The quantitative estimate of drug-likeness (QED) is 0.549. The fourth-order valence-corrected chi connectivity index (χ4v) is 0.429. The lowest BCUT2D eigenvalue weighted by Crippen LogP contribution is -2.04. The predicted octanol–water partition coefficient (Wildman–Crippen LogP) is 1.91. The largest absolute Gasteiger partial charge is 0.391 e. The van der Waals surface area contributed by atoms with E-state index in [-0.39, 0.29) is 0 Å². The molecule has 0 saturated carbocycles. The number of hydrogen-bond acceptors (Lipinski definition) is 1. The maximum Gasteiger partial charge on any atom is 0.0138 e. The van der Waals surface area contributed by atoms with Gasteiger partial charge in [-0.2, -0.15) is 0 Å². The summed E-state index contributed by atoms with van der Waals surface area (Å²) in [4.78, 5) is 0. The van der Waals surface area contributed by atoms with E-state index in [1.54, 1.807) is 0 Å². The Morgan fingerprint density at radius 1 is 1.38 bits per heavy atom. The van der Waals surface area contributed by atoms with Gasteiger partial charge in [0.2, 0.25) is 0 Å². The van der Waals surface area contributed by atoms with Crippen LogP contribution in [0.4, 0.5) is 0 Å². The van der Waals surface area contributed by atoms with Crippen molar-refractivity contribution in [1.82, 2.24) is 5.32 Å². The van der Waals surface area contributed by atoms with Gasteiger partial charge in [0.05, 0.1) is 0 Å². The van der Waals surface area contributed by atoms with Crippen LogP contribution in [0.15, 0.2) is 12.3 Å². The Labute approximate surface area is 51.8 Å². The van der Waals surface area contributed by atoms with Crippen LogP contribution in [0.2, 0.25) is 0 Å². The van der Waals surface area contributed by atoms with Crippen molar-refractivity contribution in [2.45, 2.75) is 26.7 Å². The topological polar surface area (TPSA) is 12.0 Å². The number of rotatable bonds is 4. The standard InChI is InChI=1S/C7H15N/c1-3-5-7-8-6-4-2/h5,7-8H,3-4,6H2,1-2H3/b7-5+. The molecule has 0 heterocycles. The van der Waals surface area contributed by atoms with Gasteiger partial charge in [0.25, 0.3) is 0 Å². The van der Waals surface area contributed by atoms with Gasteiger partial charge in [-0.1, -0.05) is 19.9 Å². The summed E-state index contributed by atoms with van der Waals surface area (Å²) in [5, 5.41) is 3.16. The van der Waals surface area contributed by atoms with Gasteiger partial charge in [-0.3, -0.25) is 0 Å². The number of allylic oxidation sites excluding steroid dienone is 1. The molecule has 0 spiro atoms. The van der Waals surface area contributed by atoms with Crippen LogP contribution < -0.4 is 5.32 Å². The third-order valence-electron chi connectivity index (χ3n) is 0.866. The first-order chi connectivity index (χ1) is 3.91. The normalized spacial score (nSPS) is 10.2. The lowest BCUT2D eigenvalue weighted by molar-refractivity contribution is 0.806. The van der Waals surface area contributed by atoms with Crippen molar-refractivity contribution in [3.05, 3.63) is 12.3 Å². The summed E-state index contributed by atoms with van der Waals surface area (Å²) < 4.78 is 0. The highest BCUT2D eigenvalue weighted by atomic mass is 14.8. The summed E-state index contributed by atoms with van der Waals surface area (Å²) in [7, 11) is 0. The molecule has 0 aliphatic rings. The van der Waals surface area contributed by atoms with Crippen LogP contribution in [-0.2, 0) is 0 Å². The molecular weight excluding hydrogens is 98.1 g/mol. The molecule has 48 valence electrons. The summed E-state index contributed by atoms with van der Waals surface area (Å²) >= 11 is 0. The minimum Gasteiger partial charge on any atom is -0.391 e. The maximum absolute atomic E-state index is 3.16. The SMILES string of the molecule is CC/C=C/NCCC. The van der Waals surface area contributed by atoms with E-state index in [4.69, 9.17) is 0 Å². The minimum absolute atomic E-state index is 1.09. The van der Waals surface area contributed by atoms with Gasteiger partial charge in [0.1, 0.15) is 0 Å². The second-order valence-corrected chi connectivity index (χ2v) is 1.76. The van der Waals surface area contributed by atoms with Crippen molar-refractivity contribution in [1.29, 1.82) is 0 Å². The van der Waals surface area contributed by atoms with Crippen LogP contribution in [0.25, 0.3) is 0 Å². The van der Waals surface area contributed by atoms with Crippen LogP contribution in [-0.4, -0.2) is 6.54 Å². The Morgan fingerprint density at radius 2 is 2.12 bits per heavy atom. The van der Waals surface area contributed by atoms with Crippen molar-refractivity contribution in [3.8, 4) is 0 Å². The first kappa shape index (κ1) is 7.54. The summed E-state index contributed by atoms with van der Waals surface area (Å²) in [6.45, 7) is 5.38. The fourth-order valence-electron chi connectivity index (χ4n) is 0.429. The molecular formula is C7H15N. The smallest absolute Gasteiger partial charge is 0.0138 e. The number of nitrogens with one attached hydrogen (secondary N) is 1. The molecule has 0 aromatic carbocycles. The van der Waals surface area contributed by atoms with Crippen LogP contribution in [0.5, 0.6) is 0 Å². The Balaban J connectivity index is 2.80. The van der Waals surface area contributed by atoms with Crippen LogP contribution in [0.1, 0.15) is 26.7 Å². The molecule has 0 rings (SSSR count). The van der Waals surface area contributed by atoms with E-state index in [2.05, 4.69) is 25.2 Å². The number of hydrogen-bond donors (Lipinski definition) is 1. The van der Waals surface area contributed by atoms with Crippen molar-refractivity contribution in [3.63, 3.8) is 0 Å². The Hall–Kier alpha value is -0.460. The van der Waals surface area contributed by atoms with E-state index in [1.807, 2.05) is 6.20 Å². The molecule has 0 aromatic heterocycles. The van der Waals surface area contributed by atoms with Gasteiger partial charge in [-0.05, 0) is 19.0 Å². The molecule has 1 nitrogen and oxygen atoms in total. The van der Waals surface area contributed by atoms with E-state index in [1.165, 1.54) is 6.42 Å². The summed E-state index contributed by atoms with van der Waals surface area (Å²) in [5.41, 5.74) is 0. The summed E-state index contributed by atoms with van der Waals surface area (Å²) in [5.74, 6) is 0. The summed E-state index contributed by atoms with van der Waals surface area (Å²) in [6, 6.07) is 0. The van der Waals surface area contributed by atoms with Crippen molar-refractivity contribution in [2.24, 2.45) is 0 Å². The van der Waals surface area contributed by atoms with Gasteiger partial charge in [0, 0.05) is 6.54 Å². The third kappa shape index (κ3) is 5.54. The van der Waals surface area contributed by atoms with E-state index in [9.17, 15) is 0 Å². The zero-order chi connectivity index (χ0) is 6.24. The van der Waals surface area contributed by atoms with E-state index in [0.29, 0.717) is 0 Å². The molecule has 0 atom stereocenters. The monoisotopic (exact) mass is 113 g/mol. The first-order valence-corrected chi connectivity index (χ1v) is 3.30. The molecule has 1 heteroatoms. The van der Waals surface area contributed by atoms with Crippen LogP contribution in [0.3, 0.4) is 0 Å². The average molecular weight is 113 g/mol. The van der Waals surface area contributed by atoms with E-state index in [0.717, 1.165) is 13.0 Å². The van der Waals surface area contributed by atoms with Gasteiger partial charge in [-0.15, -0.1) is 0 Å². The predicted molar refractivity (Wildman–Crippen MR) is 37.7 cm³/mol. The van der Waals surface area contributed by atoms with Crippen molar-refractivity contribution in [2.75, 3.05) is 6.54 Å². The average Bonchev–Trinajstić information content (AvgIpc) is 1.81. The maximum atomic E-state index is 3.16. The van der Waals surface area contributed by atoms with Crippen molar-refractivity contribution < 1.29 is 0 Å². The molecule has 0 fully saturated rings. The van der Waals surface area contributed by atoms with Gasteiger partial charge < -0.3 is 5.32 Å². The Morgan fingerprint density at radius 3 is 2.62 bits per heavy atom. The Kier molecular flexibility index (Phi) is 6.16. The van der Waals surface area contributed by atoms with Gasteiger partial charge in [-0.25, -0.2) is 0 Å². The van der Waals surface area contributed by atoms with Crippen LogP contribution in [0, 0.1) is 0 Å². The Bertz CT molecular complexity index is 57.4. The molecule has 0 aromatic rings. The van der Waals surface area contributed by atoms with Gasteiger partial charge >= 0.3 is 0 Å². The molecule has 0 aliphatic heterocycles. The lowest BCUT2D eigenvalue weighted by atomic mass is 10.4. The van der Waals surface area contributed by atoms with Crippen molar-refractivity contribution >= 4 is 0 Å². The molecule has 0 radical (unpaired) electrons.